The van der Waals surface area contributed by atoms with Crippen molar-refractivity contribution >= 4 is 15.9 Å². The summed E-state index contributed by atoms with van der Waals surface area (Å²) < 4.78 is 70.0. The molecule has 1 fully saturated rings. The van der Waals surface area contributed by atoms with Gasteiger partial charge in [-0.2, -0.15) is 17.5 Å². The van der Waals surface area contributed by atoms with Crippen LogP contribution in [0.25, 0.3) is 0 Å². The highest BCUT2D eigenvalue weighted by Crippen LogP contribution is 2.29. The summed E-state index contributed by atoms with van der Waals surface area (Å²) in [6, 6.07) is 10.8. The van der Waals surface area contributed by atoms with Crippen molar-refractivity contribution in [1.29, 1.82) is 0 Å². The second-order valence-electron chi connectivity index (χ2n) is 6.81. The van der Waals surface area contributed by atoms with Crippen molar-refractivity contribution < 1.29 is 31.1 Å². The molecule has 0 saturated carbocycles. The van der Waals surface area contributed by atoms with Gasteiger partial charge in [0.1, 0.15) is 0 Å². The van der Waals surface area contributed by atoms with Crippen LogP contribution < -0.4 is 5.32 Å². The molecule has 1 N–H and O–H groups in total. The second kappa shape index (κ2) is 9.15. The second-order valence-corrected chi connectivity index (χ2v) is 8.75. The van der Waals surface area contributed by atoms with Crippen LogP contribution >= 0.6 is 0 Å². The first-order valence-electron chi connectivity index (χ1n) is 9.26. The molecule has 30 heavy (non-hydrogen) atoms. The molecular formula is C20H21F3N2O4S. The van der Waals surface area contributed by atoms with Crippen molar-refractivity contribution in [2.24, 2.45) is 0 Å². The molecule has 10 heteroatoms. The van der Waals surface area contributed by atoms with E-state index >= 15 is 0 Å². The molecular weight excluding hydrogens is 421 g/mol. The number of sulfonamides is 1. The third-order valence-corrected chi connectivity index (χ3v) is 6.55. The van der Waals surface area contributed by atoms with Gasteiger partial charge in [0.05, 0.1) is 30.1 Å². The Morgan fingerprint density at radius 1 is 1.03 bits per heavy atom. The molecule has 6 nitrogen and oxygen atoms in total. The summed E-state index contributed by atoms with van der Waals surface area (Å²) in [5.74, 6) is -0.431. The molecule has 0 atom stereocenters. The Morgan fingerprint density at radius 3 is 2.33 bits per heavy atom. The monoisotopic (exact) mass is 442 g/mol. The van der Waals surface area contributed by atoms with Gasteiger partial charge in [0.15, 0.2) is 0 Å². The van der Waals surface area contributed by atoms with Gasteiger partial charge in [-0.15, -0.1) is 0 Å². The SMILES string of the molecule is O=C(Cc1cccc(C(F)(F)F)c1)NCc1ccc(S(=O)(=O)N2CCOCC2)cc1. The molecule has 0 bridgehead atoms. The molecule has 2 aromatic carbocycles. The fourth-order valence-electron chi connectivity index (χ4n) is 3.02. The highest BCUT2D eigenvalue weighted by Gasteiger charge is 2.30. The molecule has 2 aromatic rings. The number of hydrogen-bond donors (Lipinski definition) is 1. The molecule has 0 aromatic heterocycles. The molecule has 1 amide bonds. The summed E-state index contributed by atoms with van der Waals surface area (Å²) in [6.07, 6.45) is -4.65. The maximum absolute atomic E-state index is 12.8. The van der Waals surface area contributed by atoms with E-state index in [-0.39, 0.29) is 23.4 Å². The first-order valence-corrected chi connectivity index (χ1v) is 10.7. The fourth-order valence-corrected chi connectivity index (χ4v) is 4.43. The van der Waals surface area contributed by atoms with Gasteiger partial charge in [-0.25, -0.2) is 8.42 Å². The van der Waals surface area contributed by atoms with Gasteiger partial charge in [-0.3, -0.25) is 4.79 Å². The number of morpholine rings is 1. The number of halogens is 3. The Bertz CT molecular complexity index is 986. The largest absolute Gasteiger partial charge is 0.416 e. The van der Waals surface area contributed by atoms with E-state index in [2.05, 4.69) is 5.32 Å². The summed E-state index contributed by atoms with van der Waals surface area (Å²) in [6.45, 7) is 1.45. The molecule has 1 aliphatic heterocycles. The third-order valence-electron chi connectivity index (χ3n) is 4.64. The van der Waals surface area contributed by atoms with E-state index in [9.17, 15) is 26.4 Å². The molecule has 0 spiro atoms. The maximum atomic E-state index is 12.8. The number of carbonyl (C=O) groups excluding carboxylic acids is 1. The molecule has 1 heterocycles. The van der Waals surface area contributed by atoms with Crippen LogP contribution in [0.1, 0.15) is 16.7 Å². The third kappa shape index (κ3) is 5.59. The normalized spacial score (nSPS) is 15.7. The quantitative estimate of drug-likeness (QED) is 0.746. The van der Waals surface area contributed by atoms with Crippen LogP contribution in [0.15, 0.2) is 53.4 Å². The first kappa shape index (κ1) is 22.3. The Balaban J connectivity index is 1.57. The Morgan fingerprint density at radius 2 is 1.70 bits per heavy atom. The van der Waals surface area contributed by atoms with Gasteiger partial charge in [-0.05, 0) is 29.3 Å². The van der Waals surface area contributed by atoms with Crippen LogP contribution in [0.4, 0.5) is 13.2 Å². The molecule has 0 unspecified atom stereocenters. The lowest BCUT2D eigenvalue weighted by atomic mass is 10.1. The molecule has 1 saturated heterocycles. The number of carbonyl (C=O) groups is 1. The summed E-state index contributed by atoms with van der Waals surface area (Å²) in [4.78, 5) is 12.2. The number of nitrogens with one attached hydrogen (secondary N) is 1. The van der Waals surface area contributed by atoms with Crippen molar-refractivity contribution in [1.82, 2.24) is 9.62 Å². The maximum Gasteiger partial charge on any atom is 0.416 e. The van der Waals surface area contributed by atoms with E-state index in [1.54, 1.807) is 12.1 Å². The van der Waals surface area contributed by atoms with Crippen LogP contribution in [0.3, 0.4) is 0 Å². The van der Waals surface area contributed by atoms with Crippen LogP contribution in [0.2, 0.25) is 0 Å². The predicted molar refractivity (Wildman–Crippen MR) is 103 cm³/mol. The number of amides is 1. The van der Waals surface area contributed by atoms with Crippen LogP contribution in [0.5, 0.6) is 0 Å². The summed E-state index contributed by atoms with van der Waals surface area (Å²) >= 11 is 0. The first-order chi connectivity index (χ1) is 14.2. The van der Waals surface area contributed by atoms with E-state index in [1.807, 2.05) is 0 Å². The minimum Gasteiger partial charge on any atom is -0.379 e. The summed E-state index contributed by atoms with van der Waals surface area (Å²) in [5.41, 5.74) is 0.132. The molecule has 3 rings (SSSR count). The topological polar surface area (TPSA) is 75.7 Å². The zero-order valence-corrected chi connectivity index (χ0v) is 16.8. The van der Waals surface area contributed by atoms with Gasteiger partial charge < -0.3 is 10.1 Å². The van der Waals surface area contributed by atoms with Gasteiger partial charge in [0.2, 0.25) is 15.9 Å². The molecule has 0 aliphatic carbocycles. The van der Waals surface area contributed by atoms with Crippen molar-refractivity contribution in [3.05, 3.63) is 65.2 Å². The van der Waals surface area contributed by atoms with Crippen molar-refractivity contribution in [3.63, 3.8) is 0 Å². The van der Waals surface area contributed by atoms with E-state index in [1.165, 1.54) is 28.6 Å². The van der Waals surface area contributed by atoms with Gasteiger partial charge in [0, 0.05) is 19.6 Å². The number of benzene rings is 2. The fraction of sp³-hybridized carbons (Fsp3) is 0.350. The lowest BCUT2D eigenvalue weighted by molar-refractivity contribution is -0.137. The van der Waals surface area contributed by atoms with Crippen LogP contribution in [0, 0.1) is 0 Å². The lowest BCUT2D eigenvalue weighted by Crippen LogP contribution is -2.40. The zero-order chi connectivity index (χ0) is 21.8. The van der Waals surface area contributed by atoms with Crippen molar-refractivity contribution in [2.75, 3.05) is 26.3 Å². The Labute approximate surface area is 172 Å². The average molecular weight is 442 g/mol. The standard InChI is InChI=1S/C20H21F3N2O4S/c21-20(22,23)17-3-1-2-16(12-17)13-19(26)24-14-15-4-6-18(7-5-15)30(27,28)25-8-10-29-11-9-25/h1-7,12H,8-11,13-14H2,(H,24,26). The average Bonchev–Trinajstić information content (AvgIpc) is 2.73. The van der Waals surface area contributed by atoms with E-state index in [0.717, 1.165) is 12.1 Å². The highest BCUT2D eigenvalue weighted by molar-refractivity contribution is 7.89. The molecule has 1 aliphatic rings. The van der Waals surface area contributed by atoms with Gasteiger partial charge in [0.25, 0.3) is 0 Å². The smallest absolute Gasteiger partial charge is 0.379 e. The number of hydrogen-bond acceptors (Lipinski definition) is 4. The Kier molecular flexibility index (Phi) is 6.79. The summed E-state index contributed by atoms with van der Waals surface area (Å²) in [5, 5.41) is 2.63. The lowest BCUT2D eigenvalue weighted by Gasteiger charge is -2.26. The number of ether oxygens (including phenoxy) is 1. The van der Waals surface area contributed by atoms with Crippen LogP contribution in [-0.2, 0) is 38.7 Å². The van der Waals surface area contributed by atoms with E-state index < -0.39 is 27.7 Å². The van der Waals surface area contributed by atoms with E-state index in [4.69, 9.17) is 4.74 Å². The zero-order valence-electron chi connectivity index (χ0n) is 16.0. The number of rotatable bonds is 6. The molecule has 0 radical (unpaired) electrons. The minimum atomic E-state index is -4.46. The number of nitrogens with zero attached hydrogens (tertiary/aromatic N) is 1. The summed E-state index contributed by atoms with van der Waals surface area (Å²) in [7, 11) is -3.59. The van der Waals surface area contributed by atoms with Gasteiger partial charge in [-0.1, -0.05) is 30.3 Å². The number of alkyl halides is 3. The molecule has 162 valence electrons. The highest BCUT2D eigenvalue weighted by atomic mass is 32.2. The minimum absolute atomic E-state index is 0.135. The van der Waals surface area contributed by atoms with Crippen molar-refractivity contribution in [2.45, 2.75) is 24.0 Å². The van der Waals surface area contributed by atoms with Crippen molar-refractivity contribution in [3.8, 4) is 0 Å². The predicted octanol–water partition coefficient (Wildman–Crippen LogP) is 2.59. The van der Waals surface area contributed by atoms with E-state index in [0.29, 0.717) is 31.9 Å². The Hall–Kier alpha value is -2.43. The van der Waals surface area contributed by atoms with Crippen LogP contribution in [-0.4, -0.2) is 44.9 Å². The van der Waals surface area contributed by atoms with Gasteiger partial charge >= 0.3 is 6.18 Å².